The van der Waals surface area contributed by atoms with Gasteiger partial charge in [-0.15, -0.1) is 11.6 Å². The van der Waals surface area contributed by atoms with Crippen molar-refractivity contribution in [3.8, 4) is 0 Å². The molecule has 4 heteroatoms. The van der Waals surface area contributed by atoms with Crippen molar-refractivity contribution < 1.29 is 0 Å². The van der Waals surface area contributed by atoms with E-state index in [1.807, 2.05) is 14.0 Å². The number of hydrogen-bond acceptors (Lipinski definition) is 2. The maximum Gasteiger partial charge on any atom is 0.108 e. The van der Waals surface area contributed by atoms with Crippen LogP contribution >= 0.6 is 23.2 Å². The maximum absolute atomic E-state index is 5.94. The first-order valence-electron chi connectivity index (χ1n) is 4.37. The van der Waals surface area contributed by atoms with Crippen LogP contribution in [0.3, 0.4) is 0 Å². The lowest BCUT2D eigenvalue weighted by Crippen LogP contribution is -2.34. The lowest BCUT2D eigenvalue weighted by Gasteiger charge is -2.17. The van der Waals surface area contributed by atoms with Gasteiger partial charge in [0.25, 0.3) is 0 Å². The topological polar surface area (TPSA) is 24.4 Å². The summed E-state index contributed by atoms with van der Waals surface area (Å²) < 4.78 is 0. The number of halogens is 2. The number of nitrogens with zero attached hydrogens (tertiary/aromatic N) is 1. The second-order valence-electron chi connectivity index (χ2n) is 2.96. The zero-order valence-corrected chi connectivity index (χ0v) is 10.1. The van der Waals surface area contributed by atoms with Gasteiger partial charge in [0.2, 0.25) is 0 Å². The van der Waals surface area contributed by atoms with Crippen LogP contribution in [0.15, 0.2) is 29.9 Å². The third kappa shape index (κ3) is 5.43. The second-order valence-corrected chi connectivity index (χ2v) is 4.09. The molecule has 0 saturated carbocycles. The van der Waals surface area contributed by atoms with Crippen LogP contribution in [0.2, 0.25) is 0 Å². The van der Waals surface area contributed by atoms with Crippen LogP contribution in [0.1, 0.15) is 13.3 Å². The highest BCUT2D eigenvalue weighted by Gasteiger charge is 2.14. The first-order valence-corrected chi connectivity index (χ1v) is 5.18. The molecule has 0 aliphatic heterocycles. The average Bonchev–Trinajstić information content (AvgIpc) is 2.13. The van der Waals surface area contributed by atoms with E-state index in [0.717, 1.165) is 0 Å². The number of nitrogens with one attached hydrogen (secondary N) is 1. The van der Waals surface area contributed by atoms with E-state index in [2.05, 4.69) is 23.5 Å². The summed E-state index contributed by atoms with van der Waals surface area (Å²) in [5.74, 6) is 0. The van der Waals surface area contributed by atoms with E-state index in [4.69, 9.17) is 23.2 Å². The Bertz CT molecular complexity index is 234. The van der Waals surface area contributed by atoms with Gasteiger partial charge in [0.05, 0.1) is 5.70 Å². The van der Waals surface area contributed by atoms with Crippen molar-refractivity contribution in [1.82, 2.24) is 5.32 Å². The zero-order valence-electron chi connectivity index (χ0n) is 8.56. The molecule has 0 bridgehead atoms. The summed E-state index contributed by atoms with van der Waals surface area (Å²) in [7, 11) is 1.84. The molecule has 0 amide bonds. The Morgan fingerprint density at radius 3 is 2.57 bits per heavy atom. The smallest absolute Gasteiger partial charge is 0.108 e. The molecule has 0 rings (SSSR count). The molecule has 0 aromatic rings. The summed E-state index contributed by atoms with van der Waals surface area (Å²) in [5, 5.41) is 3.56. The molecular formula is C10H16Cl2N2. The monoisotopic (exact) mass is 234 g/mol. The third-order valence-electron chi connectivity index (χ3n) is 1.81. The predicted octanol–water partition coefficient (Wildman–Crippen LogP) is 2.93. The fourth-order valence-electron chi connectivity index (χ4n) is 0.923. The van der Waals surface area contributed by atoms with E-state index in [9.17, 15) is 0 Å². The molecule has 1 N–H and O–H groups in total. The van der Waals surface area contributed by atoms with Crippen LogP contribution in [-0.4, -0.2) is 23.6 Å². The molecule has 0 saturated heterocycles. The van der Waals surface area contributed by atoms with Crippen molar-refractivity contribution in [2.24, 2.45) is 4.99 Å². The number of aliphatic imine (C=N–C) groups is 1. The summed E-state index contributed by atoms with van der Waals surface area (Å²) in [6, 6.07) is 0.116. The third-order valence-corrected chi connectivity index (χ3v) is 2.36. The van der Waals surface area contributed by atoms with Crippen molar-refractivity contribution in [3.05, 3.63) is 24.9 Å². The summed E-state index contributed by atoms with van der Waals surface area (Å²) >= 11 is 11.9. The molecule has 80 valence electrons. The SMILES string of the molecule is C=CC(=C)N=C(Cl)C[C@@H](NC)C(C)Cl. The van der Waals surface area contributed by atoms with Gasteiger partial charge in [0.1, 0.15) is 5.17 Å². The van der Waals surface area contributed by atoms with E-state index in [0.29, 0.717) is 17.3 Å². The van der Waals surface area contributed by atoms with E-state index >= 15 is 0 Å². The Morgan fingerprint density at radius 2 is 2.21 bits per heavy atom. The Morgan fingerprint density at radius 1 is 1.64 bits per heavy atom. The van der Waals surface area contributed by atoms with Crippen LogP contribution in [0, 0.1) is 0 Å². The average molecular weight is 235 g/mol. The highest BCUT2D eigenvalue weighted by Crippen LogP contribution is 2.10. The Labute approximate surface area is 95.7 Å². The molecule has 1 unspecified atom stereocenters. The fourth-order valence-corrected chi connectivity index (χ4v) is 1.41. The van der Waals surface area contributed by atoms with Gasteiger partial charge in [-0.05, 0) is 20.0 Å². The molecule has 2 atom stereocenters. The lowest BCUT2D eigenvalue weighted by atomic mass is 10.1. The van der Waals surface area contributed by atoms with Crippen molar-refractivity contribution in [2.45, 2.75) is 24.8 Å². The van der Waals surface area contributed by atoms with Gasteiger partial charge in [-0.2, -0.15) is 0 Å². The number of alkyl halides is 1. The molecule has 0 radical (unpaired) electrons. The van der Waals surface area contributed by atoms with Crippen molar-refractivity contribution in [3.63, 3.8) is 0 Å². The van der Waals surface area contributed by atoms with Crippen molar-refractivity contribution in [1.29, 1.82) is 0 Å². The molecule has 0 aromatic heterocycles. The largest absolute Gasteiger partial charge is 0.315 e. The van der Waals surface area contributed by atoms with E-state index < -0.39 is 0 Å². The molecule has 0 aromatic carbocycles. The standard InChI is InChI=1S/C10H16Cl2N2/c1-5-7(2)14-10(12)6-9(13-4)8(3)11/h5,8-9,13H,1-2,6H2,3-4H3/t8?,9-/m1/s1. The van der Waals surface area contributed by atoms with Gasteiger partial charge in [0.15, 0.2) is 0 Å². The maximum atomic E-state index is 5.94. The van der Waals surface area contributed by atoms with Crippen molar-refractivity contribution >= 4 is 28.4 Å². The molecule has 0 heterocycles. The molecule has 0 aliphatic carbocycles. The summed E-state index contributed by atoms with van der Waals surface area (Å²) in [6.45, 7) is 9.10. The second kappa shape index (κ2) is 7.04. The minimum absolute atomic E-state index is 0.000876. The molecule has 14 heavy (non-hydrogen) atoms. The Balaban J connectivity index is 4.28. The van der Waals surface area contributed by atoms with Gasteiger partial charge >= 0.3 is 0 Å². The van der Waals surface area contributed by atoms with E-state index in [1.54, 1.807) is 6.08 Å². The molecular weight excluding hydrogens is 219 g/mol. The van der Waals surface area contributed by atoms with E-state index in [1.165, 1.54) is 0 Å². The molecule has 0 spiro atoms. The summed E-state index contributed by atoms with van der Waals surface area (Å²) in [6.07, 6.45) is 2.15. The summed E-state index contributed by atoms with van der Waals surface area (Å²) in [5.41, 5.74) is 0.562. The summed E-state index contributed by atoms with van der Waals surface area (Å²) in [4.78, 5) is 4.04. The van der Waals surface area contributed by atoms with Gasteiger partial charge in [-0.1, -0.05) is 24.8 Å². The lowest BCUT2D eigenvalue weighted by molar-refractivity contribution is 0.572. The van der Waals surface area contributed by atoms with Gasteiger partial charge < -0.3 is 5.32 Å². The van der Waals surface area contributed by atoms with Crippen LogP contribution in [-0.2, 0) is 0 Å². The quantitative estimate of drug-likeness (QED) is 0.427. The molecule has 0 aliphatic rings. The van der Waals surface area contributed by atoms with Gasteiger partial charge in [-0.3, -0.25) is 0 Å². The fraction of sp³-hybridized carbons (Fsp3) is 0.500. The van der Waals surface area contributed by atoms with Crippen LogP contribution in [0.5, 0.6) is 0 Å². The Hall–Kier alpha value is -0.310. The Kier molecular flexibility index (Phi) is 6.89. The first-order chi connectivity index (χ1) is 6.51. The van der Waals surface area contributed by atoms with Crippen LogP contribution in [0.25, 0.3) is 0 Å². The van der Waals surface area contributed by atoms with Crippen LogP contribution in [0.4, 0.5) is 0 Å². The normalized spacial score (nSPS) is 16.1. The van der Waals surface area contributed by atoms with Crippen LogP contribution < -0.4 is 5.32 Å². The van der Waals surface area contributed by atoms with Crippen molar-refractivity contribution in [2.75, 3.05) is 7.05 Å². The number of rotatable bonds is 6. The minimum atomic E-state index is 0.000876. The predicted molar refractivity (Wildman–Crippen MR) is 65.4 cm³/mol. The van der Waals surface area contributed by atoms with E-state index in [-0.39, 0.29) is 11.4 Å². The number of hydrogen-bond donors (Lipinski definition) is 1. The molecule has 0 fully saturated rings. The van der Waals surface area contributed by atoms with Gasteiger partial charge in [0, 0.05) is 17.8 Å². The molecule has 2 nitrogen and oxygen atoms in total. The van der Waals surface area contributed by atoms with Gasteiger partial charge in [-0.25, -0.2) is 4.99 Å². The zero-order chi connectivity index (χ0) is 11.1. The highest BCUT2D eigenvalue weighted by atomic mass is 35.5. The minimum Gasteiger partial charge on any atom is -0.315 e. The first kappa shape index (κ1) is 13.7. The highest BCUT2D eigenvalue weighted by molar-refractivity contribution is 6.65. The number of allylic oxidation sites excluding steroid dienone is 1.